The molecule has 2 aliphatic heterocycles. The number of nitrogens with zero attached hydrogens (tertiary/aromatic N) is 4. The molecule has 0 aliphatic carbocycles. The van der Waals surface area contributed by atoms with E-state index in [1.807, 2.05) is 29.2 Å². The number of hydrogen-bond donors (Lipinski definition) is 0. The first-order valence-electron chi connectivity index (χ1n) is 10.9. The highest BCUT2D eigenvalue weighted by molar-refractivity contribution is 6.36. The third-order valence-electron chi connectivity index (χ3n) is 6.06. The standard InChI is InChI=1S/C26H23ClN4O2/c27-21-10-8-20(9-11-21)23-24(26(33)31(25(23)32)18-19-5-4-12-28-17-19)30-15-13-29(14-16-30)22-6-2-1-3-7-22/h1-12,17H,13-16,18H2. The number of carbonyl (C=O) groups excluding carboxylic acids is 2. The first kappa shape index (κ1) is 21.2. The smallest absolute Gasteiger partial charge is 0.278 e. The Hall–Kier alpha value is -3.64. The first-order valence-corrected chi connectivity index (χ1v) is 11.3. The number of halogens is 1. The molecule has 0 N–H and O–H groups in total. The van der Waals surface area contributed by atoms with Crippen molar-refractivity contribution >= 4 is 34.7 Å². The van der Waals surface area contributed by atoms with Crippen LogP contribution in [0.1, 0.15) is 11.1 Å². The molecule has 2 amide bonds. The molecule has 3 heterocycles. The Balaban J connectivity index is 1.45. The predicted molar refractivity (Wildman–Crippen MR) is 128 cm³/mol. The molecule has 1 saturated heterocycles. The lowest BCUT2D eigenvalue weighted by Gasteiger charge is -2.37. The van der Waals surface area contributed by atoms with Crippen molar-refractivity contribution < 1.29 is 9.59 Å². The van der Waals surface area contributed by atoms with E-state index in [0.29, 0.717) is 34.9 Å². The van der Waals surface area contributed by atoms with E-state index >= 15 is 0 Å². The Bertz CT molecular complexity index is 1190. The van der Waals surface area contributed by atoms with Crippen molar-refractivity contribution in [3.63, 3.8) is 0 Å². The molecule has 166 valence electrons. The fourth-order valence-corrected chi connectivity index (χ4v) is 4.50. The van der Waals surface area contributed by atoms with Crippen molar-refractivity contribution in [2.24, 2.45) is 0 Å². The molecule has 0 bridgehead atoms. The maximum absolute atomic E-state index is 13.6. The van der Waals surface area contributed by atoms with E-state index in [9.17, 15) is 9.59 Å². The molecule has 1 aromatic heterocycles. The van der Waals surface area contributed by atoms with E-state index in [-0.39, 0.29) is 18.4 Å². The SMILES string of the molecule is O=C1C(c2ccc(Cl)cc2)=C(N2CCN(c3ccccc3)CC2)C(=O)N1Cc1cccnc1. The minimum Gasteiger partial charge on any atom is -0.368 e. The summed E-state index contributed by atoms with van der Waals surface area (Å²) in [6, 6.07) is 21.0. The van der Waals surface area contributed by atoms with Gasteiger partial charge in [-0.15, -0.1) is 0 Å². The molecule has 0 atom stereocenters. The molecule has 0 saturated carbocycles. The van der Waals surface area contributed by atoms with Crippen molar-refractivity contribution in [1.29, 1.82) is 0 Å². The third-order valence-corrected chi connectivity index (χ3v) is 6.31. The van der Waals surface area contributed by atoms with Crippen LogP contribution < -0.4 is 4.90 Å². The summed E-state index contributed by atoms with van der Waals surface area (Å²) in [6.07, 6.45) is 3.35. The monoisotopic (exact) mass is 458 g/mol. The number of carbonyl (C=O) groups is 2. The van der Waals surface area contributed by atoms with Crippen LogP contribution in [0.3, 0.4) is 0 Å². The fraction of sp³-hybridized carbons (Fsp3) is 0.192. The van der Waals surface area contributed by atoms with Gasteiger partial charge >= 0.3 is 0 Å². The summed E-state index contributed by atoms with van der Waals surface area (Å²) in [5.41, 5.74) is 3.58. The van der Waals surface area contributed by atoms with Gasteiger partial charge in [0.2, 0.25) is 0 Å². The molecule has 6 nitrogen and oxygen atoms in total. The normalized spacial score (nSPS) is 16.7. The van der Waals surface area contributed by atoms with Crippen LogP contribution in [0.15, 0.2) is 84.8 Å². The molecule has 0 unspecified atom stereocenters. The van der Waals surface area contributed by atoms with Gasteiger partial charge in [0.25, 0.3) is 11.8 Å². The molecule has 0 spiro atoms. The summed E-state index contributed by atoms with van der Waals surface area (Å²) >= 11 is 6.08. The van der Waals surface area contributed by atoms with Crippen LogP contribution in [0.5, 0.6) is 0 Å². The maximum atomic E-state index is 13.6. The van der Waals surface area contributed by atoms with Crippen LogP contribution in [0, 0.1) is 0 Å². The highest BCUT2D eigenvalue weighted by Crippen LogP contribution is 2.34. The van der Waals surface area contributed by atoms with Crippen LogP contribution in [-0.2, 0) is 16.1 Å². The topological polar surface area (TPSA) is 56.8 Å². The van der Waals surface area contributed by atoms with Gasteiger partial charge in [-0.2, -0.15) is 0 Å². The van der Waals surface area contributed by atoms with Gasteiger partial charge in [0.15, 0.2) is 0 Å². The van der Waals surface area contributed by atoms with Crippen LogP contribution in [-0.4, -0.2) is 52.8 Å². The lowest BCUT2D eigenvalue weighted by Crippen LogP contribution is -2.47. The second-order valence-electron chi connectivity index (χ2n) is 8.10. The highest BCUT2D eigenvalue weighted by atomic mass is 35.5. The number of pyridine rings is 1. The Labute approximate surface area is 197 Å². The average molecular weight is 459 g/mol. The number of amides is 2. The minimum atomic E-state index is -0.285. The lowest BCUT2D eigenvalue weighted by molar-refractivity contribution is -0.138. The Morgan fingerprint density at radius 2 is 1.48 bits per heavy atom. The zero-order valence-electron chi connectivity index (χ0n) is 18.0. The molecule has 7 heteroatoms. The Morgan fingerprint density at radius 3 is 2.15 bits per heavy atom. The number of hydrogen-bond acceptors (Lipinski definition) is 5. The maximum Gasteiger partial charge on any atom is 0.278 e. The van der Waals surface area contributed by atoms with E-state index in [0.717, 1.165) is 24.3 Å². The molecule has 3 aromatic rings. The molecule has 2 aliphatic rings. The molecular weight excluding hydrogens is 436 g/mol. The molecule has 33 heavy (non-hydrogen) atoms. The number of rotatable bonds is 5. The lowest BCUT2D eigenvalue weighted by atomic mass is 10.0. The minimum absolute atomic E-state index is 0.191. The predicted octanol–water partition coefficient (Wildman–Crippen LogP) is 3.84. The molecule has 0 radical (unpaired) electrons. The van der Waals surface area contributed by atoms with Crippen LogP contribution in [0.25, 0.3) is 5.57 Å². The van der Waals surface area contributed by atoms with E-state index in [1.165, 1.54) is 4.90 Å². The summed E-state index contributed by atoms with van der Waals surface area (Å²) in [6.45, 7) is 3.04. The number of imide groups is 1. The number of para-hydroxylation sites is 1. The summed E-state index contributed by atoms with van der Waals surface area (Å²) in [7, 11) is 0. The third kappa shape index (κ3) is 4.22. The quantitative estimate of drug-likeness (QED) is 0.544. The van der Waals surface area contributed by atoms with Crippen molar-refractivity contribution in [3.8, 4) is 0 Å². The van der Waals surface area contributed by atoms with Gasteiger partial charge in [-0.25, -0.2) is 0 Å². The largest absolute Gasteiger partial charge is 0.368 e. The first-order chi connectivity index (χ1) is 16.1. The summed E-state index contributed by atoms with van der Waals surface area (Å²) in [4.78, 5) is 36.9. The highest BCUT2D eigenvalue weighted by Gasteiger charge is 2.42. The Kier molecular flexibility index (Phi) is 5.84. The zero-order chi connectivity index (χ0) is 22.8. The summed E-state index contributed by atoms with van der Waals surface area (Å²) < 4.78 is 0. The van der Waals surface area contributed by atoms with Gasteiger partial charge in [-0.1, -0.05) is 48.0 Å². The molecule has 2 aromatic carbocycles. The zero-order valence-corrected chi connectivity index (χ0v) is 18.8. The van der Waals surface area contributed by atoms with Gasteiger partial charge in [-0.05, 0) is 41.5 Å². The van der Waals surface area contributed by atoms with E-state index < -0.39 is 0 Å². The summed E-state index contributed by atoms with van der Waals surface area (Å²) in [5, 5.41) is 0.585. The van der Waals surface area contributed by atoms with Crippen LogP contribution >= 0.6 is 11.6 Å². The number of aromatic nitrogens is 1. The number of anilines is 1. The molecular formula is C26H23ClN4O2. The van der Waals surface area contributed by atoms with Crippen molar-refractivity contribution in [1.82, 2.24) is 14.8 Å². The van der Waals surface area contributed by atoms with Crippen LogP contribution in [0.2, 0.25) is 5.02 Å². The van der Waals surface area contributed by atoms with Gasteiger partial charge in [0, 0.05) is 49.3 Å². The number of benzene rings is 2. The van der Waals surface area contributed by atoms with E-state index in [2.05, 4.69) is 22.0 Å². The summed E-state index contributed by atoms with van der Waals surface area (Å²) in [5.74, 6) is -0.548. The van der Waals surface area contributed by atoms with E-state index in [1.54, 1.807) is 42.7 Å². The molecule has 1 fully saturated rings. The second kappa shape index (κ2) is 9.08. The number of piperazine rings is 1. The van der Waals surface area contributed by atoms with Crippen LogP contribution in [0.4, 0.5) is 5.69 Å². The molecule has 5 rings (SSSR count). The van der Waals surface area contributed by atoms with Gasteiger partial charge in [-0.3, -0.25) is 19.5 Å². The van der Waals surface area contributed by atoms with Gasteiger partial charge in [0.05, 0.1) is 12.1 Å². The Morgan fingerprint density at radius 1 is 0.788 bits per heavy atom. The van der Waals surface area contributed by atoms with Gasteiger partial charge < -0.3 is 9.80 Å². The van der Waals surface area contributed by atoms with E-state index in [4.69, 9.17) is 11.6 Å². The second-order valence-corrected chi connectivity index (χ2v) is 8.53. The van der Waals surface area contributed by atoms with Crippen molar-refractivity contribution in [3.05, 3.63) is 101 Å². The van der Waals surface area contributed by atoms with Gasteiger partial charge in [0.1, 0.15) is 5.70 Å². The van der Waals surface area contributed by atoms with Crippen molar-refractivity contribution in [2.75, 3.05) is 31.1 Å². The average Bonchev–Trinajstić information content (AvgIpc) is 3.11. The fourth-order valence-electron chi connectivity index (χ4n) is 4.38. The van der Waals surface area contributed by atoms with Crippen molar-refractivity contribution in [2.45, 2.75) is 6.54 Å².